The Balaban J connectivity index is 1.68. The maximum Gasteiger partial charge on any atom is 0.261 e. The van der Waals surface area contributed by atoms with E-state index in [0.717, 1.165) is 4.88 Å². The van der Waals surface area contributed by atoms with E-state index in [-0.39, 0.29) is 10.8 Å². The Morgan fingerprint density at radius 3 is 2.31 bits per heavy atom. The summed E-state index contributed by atoms with van der Waals surface area (Å²) in [5.74, 6) is -0.137. The highest BCUT2D eigenvalue weighted by Gasteiger charge is 2.16. The average molecular weight is 431 g/mol. The number of nitrogens with zero attached hydrogens (tertiary/aromatic N) is 1. The minimum absolute atomic E-state index is 0.0951. The van der Waals surface area contributed by atoms with Crippen molar-refractivity contribution in [3.8, 4) is 0 Å². The lowest BCUT2D eigenvalue weighted by molar-refractivity contribution is 0.0786. The predicted molar refractivity (Wildman–Crippen MR) is 114 cm³/mol. The molecule has 0 aliphatic heterocycles. The number of carbonyl (C=O) groups is 1. The molecule has 0 saturated carbocycles. The van der Waals surface area contributed by atoms with Gasteiger partial charge in [0.1, 0.15) is 0 Å². The molecule has 0 aliphatic carbocycles. The maximum atomic E-state index is 12.5. The van der Waals surface area contributed by atoms with Gasteiger partial charge >= 0.3 is 0 Å². The van der Waals surface area contributed by atoms with E-state index in [1.54, 1.807) is 66.6 Å². The summed E-state index contributed by atoms with van der Waals surface area (Å²) in [6.07, 6.45) is -0.664. The van der Waals surface area contributed by atoms with Crippen molar-refractivity contribution in [1.29, 1.82) is 0 Å². The third-order valence-corrected chi connectivity index (χ3v) is 6.64. The zero-order chi connectivity index (χ0) is 21.0. The standard InChI is InChI=1S/C21H22N2O4S2/c1-15(24)16-7-11-20(12-8-16)29(26,27)22-18-9-5-17(6-10-18)21(25)23(2)14-19-4-3-13-28-19/h3-13,15,22,24H,14H2,1-2H3. The van der Waals surface area contributed by atoms with Gasteiger partial charge in [0.15, 0.2) is 0 Å². The number of rotatable bonds is 7. The first kappa shape index (κ1) is 21.0. The monoisotopic (exact) mass is 430 g/mol. The van der Waals surface area contributed by atoms with Gasteiger partial charge in [-0.05, 0) is 60.3 Å². The van der Waals surface area contributed by atoms with E-state index in [0.29, 0.717) is 23.4 Å². The van der Waals surface area contributed by atoms with Crippen molar-refractivity contribution in [3.05, 3.63) is 82.0 Å². The molecule has 1 atom stereocenters. The topological polar surface area (TPSA) is 86.7 Å². The molecule has 2 aromatic carbocycles. The minimum Gasteiger partial charge on any atom is -0.389 e. The second-order valence-corrected chi connectivity index (χ2v) is 9.38. The van der Waals surface area contributed by atoms with Crippen LogP contribution < -0.4 is 4.72 Å². The zero-order valence-corrected chi connectivity index (χ0v) is 17.7. The van der Waals surface area contributed by atoms with E-state index in [1.165, 1.54) is 12.1 Å². The normalized spacial score (nSPS) is 12.4. The number of hydrogen-bond acceptors (Lipinski definition) is 5. The van der Waals surface area contributed by atoms with Crippen LogP contribution in [0.2, 0.25) is 0 Å². The van der Waals surface area contributed by atoms with Gasteiger partial charge in [-0.2, -0.15) is 0 Å². The molecule has 1 aromatic heterocycles. The molecule has 152 valence electrons. The van der Waals surface area contributed by atoms with Crippen LogP contribution >= 0.6 is 11.3 Å². The number of sulfonamides is 1. The molecule has 1 amide bonds. The second-order valence-electron chi connectivity index (χ2n) is 6.67. The first-order valence-corrected chi connectivity index (χ1v) is 11.3. The third-order valence-electron chi connectivity index (χ3n) is 4.38. The molecule has 0 spiro atoms. The van der Waals surface area contributed by atoms with Crippen molar-refractivity contribution < 1.29 is 18.3 Å². The Morgan fingerprint density at radius 2 is 1.76 bits per heavy atom. The molecule has 1 unspecified atom stereocenters. The molecule has 6 nitrogen and oxygen atoms in total. The molecule has 29 heavy (non-hydrogen) atoms. The maximum absolute atomic E-state index is 12.5. The van der Waals surface area contributed by atoms with Crippen LogP contribution in [0, 0.1) is 0 Å². The van der Waals surface area contributed by atoms with Crippen molar-refractivity contribution in [2.75, 3.05) is 11.8 Å². The lowest BCUT2D eigenvalue weighted by Gasteiger charge is -2.16. The van der Waals surface area contributed by atoms with Crippen molar-refractivity contribution in [2.45, 2.75) is 24.5 Å². The van der Waals surface area contributed by atoms with Crippen LogP contribution in [0.25, 0.3) is 0 Å². The van der Waals surface area contributed by atoms with Crippen molar-refractivity contribution in [1.82, 2.24) is 4.90 Å². The fraction of sp³-hybridized carbons (Fsp3) is 0.190. The van der Waals surface area contributed by atoms with Crippen molar-refractivity contribution in [3.63, 3.8) is 0 Å². The number of aliphatic hydroxyl groups is 1. The quantitative estimate of drug-likeness (QED) is 0.596. The molecule has 3 rings (SSSR count). The van der Waals surface area contributed by atoms with Crippen LogP contribution in [0.3, 0.4) is 0 Å². The first-order valence-electron chi connectivity index (χ1n) is 8.95. The van der Waals surface area contributed by atoms with Crippen LogP contribution in [0.15, 0.2) is 70.9 Å². The van der Waals surface area contributed by atoms with E-state index in [9.17, 15) is 18.3 Å². The van der Waals surface area contributed by atoms with E-state index in [2.05, 4.69) is 4.72 Å². The molecule has 1 heterocycles. The largest absolute Gasteiger partial charge is 0.389 e. The smallest absolute Gasteiger partial charge is 0.261 e. The number of hydrogen-bond donors (Lipinski definition) is 2. The average Bonchev–Trinajstić information content (AvgIpc) is 3.21. The highest BCUT2D eigenvalue weighted by molar-refractivity contribution is 7.92. The van der Waals surface area contributed by atoms with Gasteiger partial charge in [-0.15, -0.1) is 11.3 Å². The Morgan fingerprint density at radius 1 is 1.10 bits per heavy atom. The fourth-order valence-corrected chi connectivity index (χ4v) is 4.56. The number of benzene rings is 2. The number of carbonyl (C=O) groups excluding carboxylic acids is 1. The van der Waals surface area contributed by atoms with E-state index in [4.69, 9.17) is 0 Å². The van der Waals surface area contributed by atoms with Gasteiger partial charge < -0.3 is 10.0 Å². The second kappa shape index (κ2) is 8.77. The molecule has 8 heteroatoms. The molecule has 3 aromatic rings. The Kier molecular flexibility index (Phi) is 6.36. The summed E-state index contributed by atoms with van der Waals surface area (Å²) < 4.78 is 27.6. The Bertz CT molecular complexity index is 1060. The molecule has 0 radical (unpaired) electrons. The van der Waals surface area contributed by atoms with Crippen LogP contribution in [0.1, 0.15) is 33.8 Å². The molecular formula is C21H22N2O4S2. The summed E-state index contributed by atoms with van der Waals surface area (Å²) in [5.41, 5.74) is 1.48. The molecule has 0 aliphatic rings. The summed E-state index contributed by atoms with van der Waals surface area (Å²) in [4.78, 5) is 15.4. The molecule has 2 N–H and O–H groups in total. The summed E-state index contributed by atoms with van der Waals surface area (Å²) in [5, 5.41) is 11.5. The molecule has 0 bridgehead atoms. The first-order chi connectivity index (χ1) is 13.8. The number of aliphatic hydroxyl groups excluding tert-OH is 1. The number of nitrogens with one attached hydrogen (secondary N) is 1. The minimum atomic E-state index is -3.77. The van der Waals surface area contributed by atoms with Gasteiger partial charge in [0.2, 0.25) is 0 Å². The number of thiophene rings is 1. The third kappa shape index (κ3) is 5.23. The van der Waals surface area contributed by atoms with Crippen molar-refractivity contribution in [2.24, 2.45) is 0 Å². The van der Waals surface area contributed by atoms with E-state index >= 15 is 0 Å². The van der Waals surface area contributed by atoms with E-state index < -0.39 is 16.1 Å². The van der Waals surface area contributed by atoms with Crippen LogP contribution in [-0.2, 0) is 16.6 Å². The van der Waals surface area contributed by atoms with Crippen molar-refractivity contribution >= 4 is 33.0 Å². The number of amides is 1. The zero-order valence-electron chi connectivity index (χ0n) is 16.1. The van der Waals surface area contributed by atoms with Gasteiger partial charge in [0, 0.05) is 23.2 Å². The Hall–Kier alpha value is -2.68. The lowest BCUT2D eigenvalue weighted by Crippen LogP contribution is -2.25. The molecule has 0 saturated heterocycles. The van der Waals surface area contributed by atoms with Crippen LogP contribution in [0.4, 0.5) is 5.69 Å². The highest BCUT2D eigenvalue weighted by atomic mass is 32.2. The van der Waals surface area contributed by atoms with E-state index in [1.807, 2.05) is 17.5 Å². The lowest BCUT2D eigenvalue weighted by atomic mass is 10.1. The summed E-state index contributed by atoms with van der Waals surface area (Å²) >= 11 is 1.59. The fourth-order valence-electron chi connectivity index (χ4n) is 2.75. The van der Waals surface area contributed by atoms with Gasteiger partial charge in [-0.25, -0.2) is 8.42 Å². The summed E-state index contributed by atoms with van der Waals surface area (Å²) in [6.45, 7) is 2.13. The summed E-state index contributed by atoms with van der Waals surface area (Å²) in [7, 11) is -2.03. The Labute approximate surface area is 174 Å². The van der Waals surface area contributed by atoms with Gasteiger partial charge in [-0.1, -0.05) is 18.2 Å². The molecular weight excluding hydrogens is 408 g/mol. The highest BCUT2D eigenvalue weighted by Crippen LogP contribution is 2.20. The predicted octanol–water partition coefficient (Wildman–Crippen LogP) is 3.87. The molecule has 0 fully saturated rings. The summed E-state index contributed by atoms with van der Waals surface area (Å²) in [6, 6.07) is 16.3. The van der Waals surface area contributed by atoms with Gasteiger partial charge in [0.25, 0.3) is 15.9 Å². The van der Waals surface area contributed by atoms with Crippen LogP contribution in [0.5, 0.6) is 0 Å². The van der Waals surface area contributed by atoms with Gasteiger partial charge in [0.05, 0.1) is 17.5 Å². The number of anilines is 1. The van der Waals surface area contributed by atoms with Gasteiger partial charge in [-0.3, -0.25) is 9.52 Å². The van der Waals surface area contributed by atoms with Crippen LogP contribution in [-0.4, -0.2) is 31.4 Å². The SMILES string of the molecule is CC(O)c1ccc(S(=O)(=O)Nc2ccc(C(=O)N(C)Cc3cccs3)cc2)cc1.